The minimum Gasteiger partial charge on any atom is -0.477 e. The summed E-state index contributed by atoms with van der Waals surface area (Å²) in [6, 6.07) is 5.75. The highest BCUT2D eigenvalue weighted by molar-refractivity contribution is 8.01. The van der Waals surface area contributed by atoms with E-state index in [-0.39, 0.29) is 16.3 Å². The third kappa shape index (κ3) is 3.94. The SMILES string of the molecule is Cc1nnc(SCC2=C(C(=O)O)N3C(=O)[C@H](NC(=O)c4ccccc4Cl)[C@@H]3SC2)s1. The van der Waals surface area contributed by atoms with Gasteiger partial charge in [-0.05, 0) is 24.6 Å². The molecule has 1 saturated heterocycles. The van der Waals surface area contributed by atoms with Crippen molar-refractivity contribution in [1.29, 1.82) is 0 Å². The van der Waals surface area contributed by atoms with E-state index in [4.69, 9.17) is 11.6 Å². The molecule has 2 aliphatic rings. The Morgan fingerprint density at radius 3 is 2.80 bits per heavy atom. The number of aryl methyl sites for hydroxylation is 1. The lowest BCUT2D eigenvalue weighted by Gasteiger charge is -2.49. The van der Waals surface area contributed by atoms with Gasteiger partial charge in [0.2, 0.25) is 0 Å². The molecular weight excluding hydrogens is 468 g/mol. The Morgan fingerprint density at radius 2 is 2.13 bits per heavy atom. The van der Waals surface area contributed by atoms with Gasteiger partial charge < -0.3 is 10.4 Å². The fourth-order valence-electron chi connectivity index (χ4n) is 3.14. The largest absolute Gasteiger partial charge is 0.477 e. The number of halogens is 1. The van der Waals surface area contributed by atoms with Gasteiger partial charge in [0.25, 0.3) is 11.8 Å². The molecule has 12 heteroatoms. The van der Waals surface area contributed by atoms with Crippen LogP contribution in [0.1, 0.15) is 15.4 Å². The third-order valence-corrected chi connectivity index (χ3v) is 8.26. The maximum absolute atomic E-state index is 12.7. The van der Waals surface area contributed by atoms with E-state index in [1.54, 1.807) is 24.3 Å². The molecule has 0 aliphatic carbocycles. The lowest BCUT2D eigenvalue weighted by molar-refractivity contribution is -0.148. The quantitative estimate of drug-likeness (QED) is 0.477. The van der Waals surface area contributed by atoms with Gasteiger partial charge in [0, 0.05) is 11.5 Å². The molecule has 2 atom stereocenters. The Hall–Kier alpha value is -2.08. The molecule has 0 saturated carbocycles. The molecule has 0 unspecified atom stereocenters. The predicted molar refractivity (Wildman–Crippen MR) is 116 cm³/mol. The van der Waals surface area contributed by atoms with Crippen LogP contribution < -0.4 is 5.32 Å². The number of rotatable bonds is 6. The Kier molecular flexibility index (Phi) is 6.05. The maximum atomic E-state index is 12.7. The van der Waals surface area contributed by atoms with Crippen LogP contribution in [-0.2, 0) is 9.59 Å². The first-order valence-electron chi connectivity index (χ1n) is 8.75. The van der Waals surface area contributed by atoms with E-state index in [2.05, 4.69) is 15.5 Å². The number of aliphatic carboxylic acids is 1. The van der Waals surface area contributed by atoms with Gasteiger partial charge in [-0.15, -0.1) is 22.0 Å². The van der Waals surface area contributed by atoms with Crippen LogP contribution in [0.2, 0.25) is 5.02 Å². The Morgan fingerprint density at radius 1 is 1.37 bits per heavy atom. The van der Waals surface area contributed by atoms with E-state index in [0.29, 0.717) is 17.1 Å². The van der Waals surface area contributed by atoms with Gasteiger partial charge in [-0.2, -0.15) is 0 Å². The van der Waals surface area contributed by atoms with Crippen molar-refractivity contribution in [3.05, 3.63) is 51.1 Å². The summed E-state index contributed by atoms with van der Waals surface area (Å²) in [5, 5.41) is 21.0. The van der Waals surface area contributed by atoms with E-state index >= 15 is 0 Å². The molecule has 0 spiro atoms. The van der Waals surface area contributed by atoms with Crippen LogP contribution in [0.4, 0.5) is 0 Å². The van der Waals surface area contributed by atoms with Crippen LogP contribution >= 0.6 is 46.5 Å². The van der Waals surface area contributed by atoms with Crippen molar-refractivity contribution in [3.8, 4) is 0 Å². The molecule has 30 heavy (non-hydrogen) atoms. The lowest BCUT2D eigenvalue weighted by atomic mass is 10.0. The second kappa shape index (κ2) is 8.58. The molecule has 1 aromatic heterocycles. The first-order valence-corrected chi connectivity index (χ1v) is 12.0. The zero-order chi connectivity index (χ0) is 21.4. The minimum atomic E-state index is -1.16. The number of amides is 2. The maximum Gasteiger partial charge on any atom is 0.352 e. The van der Waals surface area contributed by atoms with Crippen LogP contribution in [0.15, 0.2) is 39.9 Å². The zero-order valence-corrected chi connectivity index (χ0v) is 18.7. The van der Waals surface area contributed by atoms with Gasteiger partial charge in [0.15, 0.2) is 4.34 Å². The number of benzene rings is 1. The Bertz CT molecular complexity index is 1070. The second-order valence-electron chi connectivity index (χ2n) is 6.47. The summed E-state index contributed by atoms with van der Waals surface area (Å²) in [4.78, 5) is 38.4. The summed E-state index contributed by atoms with van der Waals surface area (Å²) in [6.07, 6.45) is 0. The average molecular weight is 483 g/mol. The number of carboxylic acid groups (broad SMARTS) is 1. The molecule has 2 aliphatic heterocycles. The first-order chi connectivity index (χ1) is 14.4. The molecule has 0 bridgehead atoms. The highest BCUT2D eigenvalue weighted by Gasteiger charge is 2.54. The van der Waals surface area contributed by atoms with Gasteiger partial charge in [0.1, 0.15) is 22.1 Å². The van der Waals surface area contributed by atoms with Crippen molar-refractivity contribution in [3.63, 3.8) is 0 Å². The van der Waals surface area contributed by atoms with E-state index in [9.17, 15) is 19.5 Å². The van der Waals surface area contributed by atoms with Gasteiger partial charge in [0.05, 0.1) is 10.6 Å². The van der Waals surface area contributed by atoms with E-state index in [1.165, 1.54) is 39.8 Å². The fourth-order valence-corrected chi connectivity index (χ4v) is 6.67. The van der Waals surface area contributed by atoms with Crippen molar-refractivity contribution >= 4 is 64.2 Å². The zero-order valence-electron chi connectivity index (χ0n) is 15.5. The molecule has 2 N–H and O–H groups in total. The molecule has 4 rings (SSSR count). The fraction of sp³-hybridized carbons (Fsp3) is 0.278. The van der Waals surface area contributed by atoms with Crippen molar-refractivity contribution < 1.29 is 19.5 Å². The van der Waals surface area contributed by atoms with Crippen LogP contribution in [0.25, 0.3) is 0 Å². The minimum absolute atomic E-state index is 0.0132. The smallest absolute Gasteiger partial charge is 0.352 e. The van der Waals surface area contributed by atoms with Crippen molar-refractivity contribution in [2.75, 3.05) is 11.5 Å². The molecule has 3 heterocycles. The molecule has 2 aromatic rings. The number of thioether (sulfide) groups is 2. The Labute approximate surface area is 189 Å². The number of hydrogen-bond donors (Lipinski definition) is 2. The number of hydrogen-bond acceptors (Lipinski definition) is 8. The monoisotopic (exact) mass is 482 g/mol. The molecule has 0 radical (unpaired) electrons. The van der Waals surface area contributed by atoms with E-state index in [0.717, 1.165) is 9.35 Å². The molecule has 8 nitrogen and oxygen atoms in total. The number of carbonyl (C=O) groups is 3. The number of carbonyl (C=O) groups excluding carboxylic acids is 2. The van der Waals surface area contributed by atoms with E-state index < -0.39 is 29.2 Å². The van der Waals surface area contributed by atoms with Crippen LogP contribution in [-0.4, -0.2) is 60.9 Å². The first kappa shape index (κ1) is 21.2. The number of β-lactam (4-membered cyclic amide) rings is 1. The topological polar surface area (TPSA) is 112 Å². The highest BCUT2D eigenvalue weighted by Crippen LogP contribution is 2.42. The van der Waals surface area contributed by atoms with Crippen molar-refractivity contribution in [2.24, 2.45) is 0 Å². The Balaban J connectivity index is 1.49. The normalized spacial score (nSPS) is 20.6. The van der Waals surface area contributed by atoms with E-state index in [1.807, 2.05) is 6.92 Å². The number of nitrogens with one attached hydrogen (secondary N) is 1. The molecule has 2 amide bonds. The number of carboxylic acids is 1. The van der Waals surface area contributed by atoms with Gasteiger partial charge >= 0.3 is 5.97 Å². The number of aromatic nitrogens is 2. The molecular formula is C18H15ClN4O4S3. The predicted octanol–water partition coefficient (Wildman–Crippen LogP) is 2.64. The summed E-state index contributed by atoms with van der Waals surface area (Å²) in [7, 11) is 0. The molecule has 1 fully saturated rings. The van der Waals surface area contributed by atoms with Gasteiger partial charge in [-0.3, -0.25) is 14.5 Å². The third-order valence-electron chi connectivity index (χ3n) is 4.53. The summed E-state index contributed by atoms with van der Waals surface area (Å²) in [5.41, 5.74) is 0.899. The summed E-state index contributed by atoms with van der Waals surface area (Å²) < 4.78 is 0.747. The van der Waals surface area contributed by atoms with Gasteiger partial charge in [-0.25, -0.2) is 4.79 Å². The summed E-state index contributed by atoms with van der Waals surface area (Å²) in [6.45, 7) is 1.85. The second-order valence-corrected chi connectivity index (χ2v) is 10.4. The standard InChI is InChI=1S/C18H15ClN4O4S3/c1-8-21-22-18(30-8)29-7-9-6-28-16-12(15(25)23(16)13(9)17(26)27)20-14(24)10-4-2-3-5-11(10)19/h2-5,12,16H,6-7H2,1H3,(H,20,24)(H,26,27)/t12-,16-/m0/s1. The van der Waals surface area contributed by atoms with Crippen LogP contribution in [0.3, 0.4) is 0 Å². The van der Waals surface area contributed by atoms with Crippen LogP contribution in [0, 0.1) is 6.92 Å². The summed E-state index contributed by atoms with van der Waals surface area (Å²) >= 11 is 10.3. The van der Waals surface area contributed by atoms with Gasteiger partial charge in [-0.1, -0.05) is 46.8 Å². The highest BCUT2D eigenvalue weighted by atomic mass is 35.5. The average Bonchev–Trinajstić information content (AvgIpc) is 3.14. The van der Waals surface area contributed by atoms with Crippen molar-refractivity contribution in [1.82, 2.24) is 20.4 Å². The number of fused-ring (bicyclic) bond motifs is 1. The lowest BCUT2D eigenvalue weighted by Crippen LogP contribution is -2.70. The molecule has 1 aromatic carbocycles. The number of nitrogens with zero attached hydrogens (tertiary/aromatic N) is 3. The van der Waals surface area contributed by atoms with Crippen LogP contribution in [0.5, 0.6) is 0 Å². The van der Waals surface area contributed by atoms with Crippen molar-refractivity contribution in [2.45, 2.75) is 22.7 Å². The summed E-state index contributed by atoms with van der Waals surface area (Å²) in [5.74, 6) is -1.23. The molecule has 156 valence electrons.